The zero-order chi connectivity index (χ0) is 10.7. The molecular weight excluding hydrogens is 204 g/mol. The summed E-state index contributed by atoms with van der Waals surface area (Å²) in [5.74, 6) is -0.0594. The second-order valence-corrected chi connectivity index (χ2v) is 3.46. The number of nitrogen functional groups attached to an aromatic ring is 1. The monoisotopic (exact) mass is 216 g/mol. The highest BCUT2D eigenvalue weighted by molar-refractivity contribution is 6.18. The van der Waals surface area contributed by atoms with Gasteiger partial charge in [-0.2, -0.15) is 0 Å². The highest BCUT2D eigenvalue weighted by Gasteiger charge is 2.20. The van der Waals surface area contributed by atoms with E-state index >= 15 is 0 Å². The zero-order valence-corrected chi connectivity index (χ0v) is 8.57. The lowest BCUT2D eigenvalue weighted by Crippen LogP contribution is -2.21. The van der Waals surface area contributed by atoms with E-state index in [-0.39, 0.29) is 11.6 Å². The second-order valence-electron chi connectivity index (χ2n) is 3.15. The van der Waals surface area contributed by atoms with Crippen molar-refractivity contribution in [3.05, 3.63) is 23.5 Å². The summed E-state index contributed by atoms with van der Waals surface area (Å²) in [6.07, 6.45) is -0.599. The fraction of sp³-hybridized carbons (Fsp3) is 0.444. The van der Waals surface area contributed by atoms with E-state index in [4.69, 9.17) is 17.3 Å². The summed E-state index contributed by atoms with van der Waals surface area (Å²) in [4.78, 5) is 3.95. The summed E-state index contributed by atoms with van der Waals surface area (Å²) in [7, 11) is 0. The number of halogens is 1. The van der Waals surface area contributed by atoms with Gasteiger partial charge in [-0.15, -0.1) is 11.6 Å². The summed E-state index contributed by atoms with van der Waals surface area (Å²) in [5.41, 5.74) is 7.17. The van der Waals surface area contributed by atoms with Crippen LogP contribution < -0.4 is 5.73 Å². The van der Waals surface area contributed by atoms with Crippen LogP contribution in [0.4, 0.5) is 5.69 Å². The number of anilines is 1. The summed E-state index contributed by atoms with van der Waals surface area (Å²) in [6, 6.07) is 1.69. The molecule has 14 heavy (non-hydrogen) atoms. The Kier molecular flexibility index (Phi) is 3.69. The topological polar surface area (TPSA) is 79.4 Å². The molecule has 1 heterocycles. The fourth-order valence-corrected chi connectivity index (χ4v) is 1.28. The van der Waals surface area contributed by atoms with E-state index in [1.165, 1.54) is 0 Å². The first-order valence-electron chi connectivity index (χ1n) is 4.20. The van der Waals surface area contributed by atoms with Crippen LogP contribution >= 0.6 is 11.6 Å². The SMILES string of the molecule is Cc1cnc(C(O)C(O)CCl)c(N)c1. The molecule has 0 fully saturated rings. The number of hydrogen-bond acceptors (Lipinski definition) is 4. The number of rotatable bonds is 3. The van der Waals surface area contributed by atoms with Crippen molar-refractivity contribution in [2.45, 2.75) is 19.1 Å². The van der Waals surface area contributed by atoms with Crippen molar-refractivity contribution in [1.82, 2.24) is 4.98 Å². The number of pyridine rings is 1. The number of aryl methyl sites for hydroxylation is 1. The molecule has 0 saturated heterocycles. The number of hydrogen-bond donors (Lipinski definition) is 3. The van der Waals surface area contributed by atoms with Crippen molar-refractivity contribution in [2.24, 2.45) is 0 Å². The van der Waals surface area contributed by atoms with Gasteiger partial charge in [0.2, 0.25) is 0 Å². The molecule has 4 nitrogen and oxygen atoms in total. The minimum absolute atomic E-state index is 0.0594. The zero-order valence-electron chi connectivity index (χ0n) is 7.81. The van der Waals surface area contributed by atoms with Gasteiger partial charge in [0.25, 0.3) is 0 Å². The first-order valence-corrected chi connectivity index (χ1v) is 4.73. The molecular formula is C9H13ClN2O2. The Morgan fingerprint density at radius 1 is 1.57 bits per heavy atom. The van der Waals surface area contributed by atoms with Crippen LogP contribution in [0.1, 0.15) is 17.4 Å². The first kappa shape index (κ1) is 11.2. The van der Waals surface area contributed by atoms with E-state index in [1.54, 1.807) is 12.3 Å². The average molecular weight is 217 g/mol. The van der Waals surface area contributed by atoms with E-state index in [2.05, 4.69) is 4.98 Å². The molecule has 0 aromatic carbocycles. The number of alkyl halides is 1. The lowest BCUT2D eigenvalue weighted by molar-refractivity contribution is 0.0305. The maximum Gasteiger partial charge on any atom is 0.125 e. The summed E-state index contributed by atoms with van der Waals surface area (Å²) in [6.45, 7) is 1.84. The van der Waals surface area contributed by atoms with Gasteiger partial charge >= 0.3 is 0 Å². The Bertz CT molecular complexity index is 320. The Labute approximate surface area is 87.3 Å². The lowest BCUT2D eigenvalue weighted by atomic mass is 10.1. The van der Waals surface area contributed by atoms with Crippen molar-refractivity contribution in [3.63, 3.8) is 0 Å². The van der Waals surface area contributed by atoms with Crippen molar-refractivity contribution in [3.8, 4) is 0 Å². The molecule has 0 aliphatic carbocycles. The van der Waals surface area contributed by atoms with Crippen LogP contribution in [0.2, 0.25) is 0 Å². The molecule has 2 unspecified atom stereocenters. The summed E-state index contributed by atoms with van der Waals surface area (Å²) >= 11 is 5.40. The van der Waals surface area contributed by atoms with Gasteiger partial charge in [0, 0.05) is 6.20 Å². The molecule has 0 radical (unpaired) electrons. The van der Waals surface area contributed by atoms with Gasteiger partial charge in [-0.25, -0.2) is 0 Å². The minimum atomic E-state index is -1.13. The fourth-order valence-electron chi connectivity index (χ4n) is 1.12. The molecule has 0 spiro atoms. The Balaban J connectivity index is 2.95. The predicted octanol–water partition coefficient (Wildman–Crippen LogP) is 0.605. The van der Waals surface area contributed by atoms with Crippen molar-refractivity contribution < 1.29 is 10.2 Å². The van der Waals surface area contributed by atoms with E-state index in [9.17, 15) is 10.2 Å². The number of aromatic nitrogens is 1. The van der Waals surface area contributed by atoms with E-state index in [0.717, 1.165) is 5.56 Å². The third kappa shape index (κ3) is 2.35. The molecule has 0 bridgehead atoms. The maximum absolute atomic E-state index is 9.58. The van der Waals surface area contributed by atoms with Gasteiger partial charge in [-0.1, -0.05) is 0 Å². The van der Waals surface area contributed by atoms with Gasteiger partial charge in [-0.05, 0) is 18.6 Å². The normalized spacial score (nSPS) is 15.1. The molecule has 1 rings (SSSR count). The van der Waals surface area contributed by atoms with Gasteiger partial charge in [-0.3, -0.25) is 4.98 Å². The van der Waals surface area contributed by atoms with Crippen molar-refractivity contribution in [2.75, 3.05) is 11.6 Å². The number of nitrogens with two attached hydrogens (primary N) is 1. The largest absolute Gasteiger partial charge is 0.397 e. The van der Waals surface area contributed by atoms with Crippen molar-refractivity contribution in [1.29, 1.82) is 0 Å². The van der Waals surface area contributed by atoms with Crippen LogP contribution in [-0.4, -0.2) is 27.2 Å². The maximum atomic E-state index is 9.58. The van der Waals surface area contributed by atoms with Crippen LogP contribution in [-0.2, 0) is 0 Å². The number of aliphatic hydroxyl groups is 2. The van der Waals surface area contributed by atoms with Crippen LogP contribution in [0.5, 0.6) is 0 Å². The quantitative estimate of drug-likeness (QED) is 0.647. The van der Waals surface area contributed by atoms with Crippen molar-refractivity contribution >= 4 is 17.3 Å². The Hall–Kier alpha value is -0.840. The van der Waals surface area contributed by atoms with Gasteiger partial charge in [0.1, 0.15) is 6.10 Å². The summed E-state index contributed by atoms with van der Waals surface area (Å²) in [5, 5.41) is 18.9. The minimum Gasteiger partial charge on any atom is -0.397 e. The Morgan fingerprint density at radius 3 is 2.71 bits per heavy atom. The molecule has 1 aromatic heterocycles. The number of aliphatic hydroxyl groups excluding tert-OH is 2. The molecule has 2 atom stereocenters. The van der Waals surface area contributed by atoms with Gasteiger partial charge in [0.15, 0.2) is 0 Å². The smallest absolute Gasteiger partial charge is 0.125 e. The van der Waals surface area contributed by atoms with Crippen LogP contribution in [0.15, 0.2) is 12.3 Å². The van der Waals surface area contributed by atoms with E-state index < -0.39 is 12.2 Å². The molecule has 5 heteroatoms. The van der Waals surface area contributed by atoms with E-state index in [0.29, 0.717) is 5.69 Å². The predicted molar refractivity (Wildman–Crippen MR) is 55.1 cm³/mol. The number of nitrogens with zero attached hydrogens (tertiary/aromatic N) is 1. The molecule has 0 aliphatic rings. The lowest BCUT2D eigenvalue weighted by Gasteiger charge is -2.16. The molecule has 1 aromatic rings. The molecule has 0 saturated carbocycles. The molecule has 0 amide bonds. The van der Waals surface area contributed by atoms with Gasteiger partial charge < -0.3 is 15.9 Å². The highest BCUT2D eigenvalue weighted by atomic mass is 35.5. The molecule has 4 N–H and O–H groups in total. The van der Waals surface area contributed by atoms with Crippen LogP contribution in [0.25, 0.3) is 0 Å². The Morgan fingerprint density at radius 2 is 2.21 bits per heavy atom. The second kappa shape index (κ2) is 4.59. The first-order chi connectivity index (χ1) is 6.56. The summed E-state index contributed by atoms with van der Waals surface area (Å²) < 4.78 is 0. The van der Waals surface area contributed by atoms with E-state index in [1.807, 2.05) is 6.92 Å². The average Bonchev–Trinajstić information content (AvgIpc) is 2.15. The highest BCUT2D eigenvalue weighted by Crippen LogP contribution is 2.21. The van der Waals surface area contributed by atoms with Crippen LogP contribution in [0, 0.1) is 6.92 Å². The molecule has 0 aliphatic heterocycles. The van der Waals surface area contributed by atoms with Gasteiger partial charge in [0.05, 0.1) is 23.4 Å². The van der Waals surface area contributed by atoms with Crippen LogP contribution in [0.3, 0.4) is 0 Å². The third-order valence-electron chi connectivity index (χ3n) is 1.89. The third-order valence-corrected chi connectivity index (χ3v) is 2.21. The standard InChI is InChI=1S/C9H13ClN2O2/c1-5-2-6(11)8(12-4-5)9(14)7(13)3-10/h2,4,7,9,13-14H,3,11H2,1H3. The molecule has 78 valence electrons.